The fourth-order valence-corrected chi connectivity index (χ4v) is 2.77. The van der Waals surface area contributed by atoms with E-state index in [9.17, 15) is 14.4 Å². The second-order valence-corrected chi connectivity index (χ2v) is 6.04. The number of nitrogens with zero attached hydrogens (tertiary/aromatic N) is 1. The van der Waals surface area contributed by atoms with Gasteiger partial charge in [-0.05, 0) is 19.1 Å². The number of hydrogen-bond donors (Lipinski definition) is 2. The predicted molar refractivity (Wildman–Crippen MR) is 97.3 cm³/mol. The standard InChI is InChI=1S/C17H19N3O5S/c1-3-25-16(23)12-6-4-5-7-13(12)19-15(22)10-26-17-18-11(9-24-2)8-14(21)20-17/h4-8H,3,9-10H2,1-2H3,(H,19,22)(H,18,20,21). The maximum absolute atomic E-state index is 12.2. The van der Waals surface area contributed by atoms with Crippen LogP contribution in [0.1, 0.15) is 23.0 Å². The van der Waals surface area contributed by atoms with Crippen molar-refractivity contribution in [2.24, 2.45) is 0 Å². The lowest BCUT2D eigenvalue weighted by atomic mass is 10.2. The fourth-order valence-electron chi connectivity index (χ4n) is 2.07. The number of carbonyl (C=O) groups excluding carboxylic acids is 2. The third-order valence-corrected chi connectivity index (χ3v) is 3.98. The fraction of sp³-hybridized carbons (Fsp3) is 0.294. The molecule has 26 heavy (non-hydrogen) atoms. The van der Waals surface area contributed by atoms with Crippen molar-refractivity contribution in [2.75, 3.05) is 24.8 Å². The first-order chi connectivity index (χ1) is 12.5. The highest BCUT2D eigenvalue weighted by atomic mass is 32.2. The first-order valence-electron chi connectivity index (χ1n) is 7.81. The monoisotopic (exact) mass is 377 g/mol. The number of ether oxygens (including phenoxy) is 2. The van der Waals surface area contributed by atoms with Crippen molar-refractivity contribution in [1.82, 2.24) is 9.97 Å². The molecule has 2 N–H and O–H groups in total. The first-order valence-corrected chi connectivity index (χ1v) is 8.80. The van der Waals surface area contributed by atoms with E-state index in [2.05, 4.69) is 15.3 Å². The maximum Gasteiger partial charge on any atom is 0.340 e. The lowest BCUT2D eigenvalue weighted by Gasteiger charge is -2.10. The summed E-state index contributed by atoms with van der Waals surface area (Å²) in [7, 11) is 1.50. The van der Waals surface area contributed by atoms with Gasteiger partial charge in [-0.1, -0.05) is 23.9 Å². The van der Waals surface area contributed by atoms with Crippen LogP contribution >= 0.6 is 11.8 Å². The average Bonchev–Trinajstić information content (AvgIpc) is 2.60. The number of hydrogen-bond acceptors (Lipinski definition) is 7. The molecule has 2 rings (SSSR count). The lowest BCUT2D eigenvalue weighted by molar-refractivity contribution is -0.113. The Labute approximate surface area is 154 Å². The molecule has 0 saturated carbocycles. The zero-order valence-corrected chi connectivity index (χ0v) is 15.2. The molecule has 138 valence electrons. The summed E-state index contributed by atoms with van der Waals surface area (Å²) in [6.07, 6.45) is 0. The highest BCUT2D eigenvalue weighted by Gasteiger charge is 2.14. The summed E-state index contributed by atoms with van der Waals surface area (Å²) >= 11 is 1.08. The highest BCUT2D eigenvalue weighted by Crippen LogP contribution is 2.18. The number of rotatable bonds is 8. The van der Waals surface area contributed by atoms with Gasteiger partial charge in [0.25, 0.3) is 5.56 Å². The Kier molecular flexibility index (Phi) is 7.37. The minimum absolute atomic E-state index is 0.0105. The van der Waals surface area contributed by atoms with Crippen LogP contribution in [0.25, 0.3) is 0 Å². The van der Waals surface area contributed by atoms with Crippen LogP contribution in [0.5, 0.6) is 0 Å². The number of amides is 1. The number of benzene rings is 1. The number of methoxy groups -OCH3 is 1. The smallest absolute Gasteiger partial charge is 0.340 e. The van der Waals surface area contributed by atoms with Crippen LogP contribution in [0.2, 0.25) is 0 Å². The van der Waals surface area contributed by atoms with Crippen molar-refractivity contribution in [2.45, 2.75) is 18.7 Å². The van der Waals surface area contributed by atoms with Crippen LogP contribution in [0.3, 0.4) is 0 Å². The second-order valence-electron chi connectivity index (χ2n) is 5.08. The number of thioether (sulfide) groups is 1. The minimum Gasteiger partial charge on any atom is -0.462 e. The van der Waals surface area contributed by atoms with E-state index in [1.54, 1.807) is 31.2 Å². The van der Waals surface area contributed by atoms with Crippen LogP contribution in [0.15, 0.2) is 40.3 Å². The van der Waals surface area contributed by atoms with Gasteiger partial charge in [0, 0.05) is 13.2 Å². The van der Waals surface area contributed by atoms with Crippen molar-refractivity contribution in [3.05, 3.63) is 51.9 Å². The van der Waals surface area contributed by atoms with Crippen LogP contribution in [0.4, 0.5) is 5.69 Å². The predicted octanol–water partition coefficient (Wildman–Crippen LogP) is 1.82. The van der Waals surface area contributed by atoms with Gasteiger partial charge in [0.1, 0.15) is 0 Å². The Balaban J connectivity index is 2.02. The van der Waals surface area contributed by atoms with Crippen molar-refractivity contribution in [3.63, 3.8) is 0 Å². The molecular weight excluding hydrogens is 358 g/mol. The third kappa shape index (κ3) is 5.71. The summed E-state index contributed by atoms with van der Waals surface area (Å²) < 4.78 is 9.92. The number of H-pyrrole nitrogens is 1. The van der Waals surface area contributed by atoms with E-state index in [0.717, 1.165) is 11.8 Å². The molecule has 0 atom stereocenters. The summed E-state index contributed by atoms with van der Waals surface area (Å²) in [4.78, 5) is 42.5. The number of para-hydroxylation sites is 1. The van der Waals surface area contributed by atoms with Crippen molar-refractivity contribution >= 4 is 29.3 Å². The molecule has 1 aromatic heterocycles. The number of anilines is 1. The van der Waals surface area contributed by atoms with E-state index < -0.39 is 5.97 Å². The molecule has 2 aromatic rings. The summed E-state index contributed by atoms with van der Waals surface area (Å²) in [5.74, 6) is -0.836. The van der Waals surface area contributed by atoms with Crippen LogP contribution in [-0.2, 0) is 20.9 Å². The lowest BCUT2D eigenvalue weighted by Crippen LogP contribution is -2.18. The zero-order chi connectivity index (χ0) is 18.9. The molecule has 0 aliphatic heterocycles. The van der Waals surface area contributed by atoms with Crippen molar-refractivity contribution in [1.29, 1.82) is 0 Å². The molecule has 0 bridgehead atoms. The van der Waals surface area contributed by atoms with Crippen LogP contribution in [0, 0.1) is 0 Å². The molecule has 1 heterocycles. The van der Waals surface area contributed by atoms with Gasteiger partial charge in [-0.2, -0.15) is 0 Å². The number of aromatic nitrogens is 2. The molecule has 8 nitrogen and oxygen atoms in total. The van der Waals surface area contributed by atoms with Gasteiger partial charge in [-0.3, -0.25) is 9.59 Å². The number of esters is 1. The molecule has 0 fully saturated rings. The first kappa shape index (κ1) is 19.7. The summed E-state index contributed by atoms with van der Waals surface area (Å²) in [5, 5.41) is 2.99. The Bertz CT molecular complexity index is 837. The second kappa shape index (κ2) is 9.73. The maximum atomic E-state index is 12.2. The number of aromatic amines is 1. The molecule has 1 amide bonds. The van der Waals surface area contributed by atoms with Gasteiger partial charge in [0.2, 0.25) is 5.91 Å². The average molecular weight is 377 g/mol. The molecule has 0 aliphatic rings. The summed E-state index contributed by atoms with van der Waals surface area (Å²) in [6, 6.07) is 7.93. The summed E-state index contributed by atoms with van der Waals surface area (Å²) in [6.45, 7) is 2.16. The Morgan fingerprint density at radius 2 is 2.08 bits per heavy atom. The molecule has 0 radical (unpaired) electrons. The topological polar surface area (TPSA) is 110 Å². The van der Waals surface area contributed by atoms with Gasteiger partial charge >= 0.3 is 5.97 Å². The number of carbonyl (C=O) groups is 2. The van der Waals surface area contributed by atoms with Gasteiger partial charge in [-0.25, -0.2) is 9.78 Å². The molecule has 9 heteroatoms. The quantitative estimate of drug-likeness (QED) is 0.410. The highest BCUT2D eigenvalue weighted by molar-refractivity contribution is 7.99. The molecule has 0 unspecified atom stereocenters. The van der Waals surface area contributed by atoms with Gasteiger partial charge in [0.15, 0.2) is 5.16 Å². The molecule has 0 spiro atoms. The Hall–Kier alpha value is -2.65. The minimum atomic E-state index is -0.505. The van der Waals surface area contributed by atoms with E-state index >= 15 is 0 Å². The Morgan fingerprint density at radius 3 is 2.81 bits per heavy atom. The van der Waals surface area contributed by atoms with E-state index in [-0.39, 0.29) is 36.0 Å². The summed E-state index contributed by atoms with van der Waals surface area (Å²) in [5.41, 5.74) is 0.807. The van der Waals surface area contributed by atoms with E-state index in [0.29, 0.717) is 16.5 Å². The van der Waals surface area contributed by atoms with E-state index in [4.69, 9.17) is 9.47 Å². The van der Waals surface area contributed by atoms with E-state index in [1.165, 1.54) is 13.2 Å². The van der Waals surface area contributed by atoms with Crippen LogP contribution in [-0.4, -0.2) is 41.3 Å². The molecular formula is C17H19N3O5S. The van der Waals surface area contributed by atoms with Gasteiger partial charge in [-0.15, -0.1) is 0 Å². The van der Waals surface area contributed by atoms with E-state index in [1.807, 2.05) is 0 Å². The number of nitrogens with one attached hydrogen (secondary N) is 2. The van der Waals surface area contributed by atoms with Crippen molar-refractivity contribution < 1.29 is 19.1 Å². The normalized spacial score (nSPS) is 10.4. The molecule has 0 aliphatic carbocycles. The third-order valence-electron chi connectivity index (χ3n) is 3.10. The van der Waals surface area contributed by atoms with Crippen LogP contribution < -0.4 is 10.9 Å². The zero-order valence-electron chi connectivity index (χ0n) is 14.4. The molecule has 0 saturated heterocycles. The largest absolute Gasteiger partial charge is 0.462 e. The molecule has 1 aromatic carbocycles. The SMILES string of the molecule is CCOC(=O)c1ccccc1NC(=O)CSc1nc(COC)cc(=O)[nH]1. The Morgan fingerprint density at radius 1 is 1.31 bits per heavy atom. The van der Waals surface area contributed by atoms with Crippen molar-refractivity contribution in [3.8, 4) is 0 Å². The van der Waals surface area contributed by atoms with Gasteiger partial charge < -0.3 is 19.8 Å². The van der Waals surface area contributed by atoms with Gasteiger partial charge in [0.05, 0.1) is 35.9 Å².